The minimum atomic E-state index is 0.0165. The van der Waals surface area contributed by atoms with Gasteiger partial charge in [-0.05, 0) is 62.7 Å². The molecule has 0 spiro atoms. The second-order valence-electron chi connectivity index (χ2n) is 6.99. The monoisotopic (exact) mass is 280 g/mol. The molecule has 0 aromatic carbocycles. The van der Waals surface area contributed by atoms with Crippen LogP contribution in [0.3, 0.4) is 0 Å². The van der Waals surface area contributed by atoms with Crippen LogP contribution in [0.4, 0.5) is 0 Å². The summed E-state index contributed by atoms with van der Waals surface area (Å²) in [5, 5.41) is 0. The number of fused-ring (bicyclic) bond motifs is 5. The van der Waals surface area contributed by atoms with Gasteiger partial charge in [-0.15, -0.1) is 0 Å². The first-order valence-corrected chi connectivity index (χ1v) is 8.56. The number of carbonyl (C=O) groups is 1. The van der Waals surface area contributed by atoms with Crippen LogP contribution in [0.1, 0.15) is 64.2 Å². The SMILES string of the molecule is O=CCC1CC2CCC(CC2)C(OC2CCCCO2)C1. The van der Waals surface area contributed by atoms with Crippen LogP contribution in [0.2, 0.25) is 0 Å². The van der Waals surface area contributed by atoms with Gasteiger partial charge in [-0.25, -0.2) is 0 Å². The highest BCUT2D eigenvalue weighted by molar-refractivity contribution is 5.49. The Balaban J connectivity index is 1.63. The molecule has 3 unspecified atom stereocenters. The summed E-state index contributed by atoms with van der Waals surface area (Å²) in [6, 6.07) is 0. The number of aldehydes is 1. The van der Waals surface area contributed by atoms with E-state index in [0.29, 0.717) is 24.4 Å². The summed E-state index contributed by atoms with van der Waals surface area (Å²) >= 11 is 0. The molecule has 1 aliphatic heterocycles. The number of carbonyl (C=O) groups excluding carboxylic acids is 1. The normalized spacial score (nSPS) is 41.9. The van der Waals surface area contributed by atoms with E-state index in [1.54, 1.807) is 0 Å². The van der Waals surface area contributed by atoms with E-state index in [2.05, 4.69) is 0 Å². The van der Waals surface area contributed by atoms with Gasteiger partial charge in [0.15, 0.2) is 6.29 Å². The third kappa shape index (κ3) is 3.62. The van der Waals surface area contributed by atoms with Gasteiger partial charge in [-0.1, -0.05) is 12.8 Å². The number of hydrogen-bond acceptors (Lipinski definition) is 3. The predicted molar refractivity (Wildman–Crippen MR) is 77.3 cm³/mol. The molecular weight excluding hydrogens is 252 g/mol. The Bertz CT molecular complexity index is 303. The van der Waals surface area contributed by atoms with Crippen LogP contribution >= 0.6 is 0 Å². The van der Waals surface area contributed by atoms with Gasteiger partial charge >= 0.3 is 0 Å². The van der Waals surface area contributed by atoms with E-state index >= 15 is 0 Å². The van der Waals surface area contributed by atoms with Crippen LogP contribution in [-0.4, -0.2) is 25.3 Å². The molecule has 0 aromatic heterocycles. The molecule has 3 nitrogen and oxygen atoms in total. The molecule has 3 heteroatoms. The van der Waals surface area contributed by atoms with Crippen LogP contribution in [0, 0.1) is 17.8 Å². The lowest BCUT2D eigenvalue weighted by molar-refractivity contribution is -0.207. The van der Waals surface area contributed by atoms with Crippen molar-refractivity contribution in [2.24, 2.45) is 17.8 Å². The zero-order valence-corrected chi connectivity index (χ0v) is 12.5. The van der Waals surface area contributed by atoms with E-state index < -0.39 is 0 Å². The lowest BCUT2D eigenvalue weighted by Gasteiger charge is -2.41. The van der Waals surface area contributed by atoms with Gasteiger partial charge in [0.05, 0.1) is 6.10 Å². The molecule has 1 saturated heterocycles. The molecule has 4 rings (SSSR count). The van der Waals surface area contributed by atoms with Crippen molar-refractivity contribution in [3.8, 4) is 0 Å². The molecule has 3 saturated carbocycles. The van der Waals surface area contributed by atoms with Crippen molar-refractivity contribution in [2.45, 2.75) is 76.6 Å². The molecule has 4 aliphatic rings. The smallest absolute Gasteiger partial charge is 0.157 e. The van der Waals surface area contributed by atoms with Crippen LogP contribution in [0.25, 0.3) is 0 Å². The van der Waals surface area contributed by atoms with Gasteiger partial charge in [-0.3, -0.25) is 0 Å². The number of hydrogen-bond donors (Lipinski definition) is 0. The van der Waals surface area contributed by atoms with Crippen molar-refractivity contribution in [1.29, 1.82) is 0 Å². The zero-order chi connectivity index (χ0) is 13.8. The summed E-state index contributed by atoms with van der Waals surface area (Å²) in [5.41, 5.74) is 0. The fourth-order valence-corrected chi connectivity index (χ4v) is 4.39. The van der Waals surface area contributed by atoms with Crippen LogP contribution < -0.4 is 0 Å². The summed E-state index contributed by atoms with van der Waals surface area (Å²) in [6.45, 7) is 0.849. The average Bonchev–Trinajstić information content (AvgIpc) is 2.46. The lowest BCUT2D eigenvalue weighted by Crippen LogP contribution is -2.38. The Morgan fingerprint density at radius 1 is 1.05 bits per heavy atom. The first-order valence-electron chi connectivity index (χ1n) is 8.56. The zero-order valence-electron chi connectivity index (χ0n) is 12.5. The Morgan fingerprint density at radius 3 is 2.60 bits per heavy atom. The summed E-state index contributed by atoms with van der Waals surface area (Å²) in [4.78, 5) is 10.9. The molecule has 0 radical (unpaired) electrons. The van der Waals surface area contributed by atoms with Crippen molar-refractivity contribution < 1.29 is 14.3 Å². The van der Waals surface area contributed by atoms with E-state index in [9.17, 15) is 4.79 Å². The standard InChI is InChI=1S/C17H28O3/c18-9-8-14-11-13-4-6-15(7-5-13)16(12-14)20-17-3-1-2-10-19-17/h9,13-17H,1-8,10-12H2. The van der Waals surface area contributed by atoms with E-state index in [-0.39, 0.29) is 6.29 Å². The lowest BCUT2D eigenvalue weighted by atomic mass is 9.70. The summed E-state index contributed by atoms with van der Waals surface area (Å²) < 4.78 is 12.1. The molecule has 1 heterocycles. The van der Waals surface area contributed by atoms with Crippen molar-refractivity contribution in [1.82, 2.24) is 0 Å². The highest BCUT2D eigenvalue weighted by Gasteiger charge is 2.36. The third-order valence-corrected chi connectivity index (χ3v) is 5.54. The molecule has 0 aromatic rings. The van der Waals surface area contributed by atoms with Gasteiger partial charge in [0.2, 0.25) is 0 Å². The molecule has 0 N–H and O–H groups in total. The molecule has 4 fully saturated rings. The first kappa shape index (κ1) is 14.5. The van der Waals surface area contributed by atoms with E-state index in [1.165, 1.54) is 44.9 Å². The Hall–Kier alpha value is -0.410. The topological polar surface area (TPSA) is 35.5 Å². The Kier molecular flexibility index (Phi) is 5.11. The minimum Gasteiger partial charge on any atom is -0.353 e. The number of rotatable bonds is 4. The van der Waals surface area contributed by atoms with Gasteiger partial charge in [0.25, 0.3) is 0 Å². The van der Waals surface area contributed by atoms with Crippen molar-refractivity contribution >= 4 is 6.29 Å². The summed E-state index contributed by atoms with van der Waals surface area (Å²) in [5.74, 6) is 2.10. The fourth-order valence-electron chi connectivity index (χ4n) is 4.39. The number of ether oxygens (including phenoxy) is 2. The van der Waals surface area contributed by atoms with E-state index in [0.717, 1.165) is 31.7 Å². The largest absolute Gasteiger partial charge is 0.353 e. The molecule has 3 atom stereocenters. The minimum absolute atomic E-state index is 0.0165. The summed E-state index contributed by atoms with van der Waals surface area (Å²) in [6.07, 6.45) is 13.2. The van der Waals surface area contributed by atoms with Crippen molar-refractivity contribution in [2.75, 3.05) is 6.61 Å². The second kappa shape index (κ2) is 7.04. The van der Waals surface area contributed by atoms with Crippen molar-refractivity contribution in [3.05, 3.63) is 0 Å². The fraction of sp³-hybridized carbons (Fsp3) is 0.941. The molecule has 20 heavy (non-hydrogen) atoms. The maximum absolute atomic E-state index is 10.9. The highest BCUT2D eigenvalue weighted by Crippen LogP contribution is 2.42. The van der Waals surface area contributed by atoms with E-state index in [1.807, 2.05) is 0 Å². The third-order valence-electron chi connectivity index (χ3n) is 5.54. The van der Waals surface area contributed by atoms with Gasteiger partial charge in [0, 0.05) is 13.0 Å². The van der Waals surface area contributed by atoms with Crippen LogP contribution in [-0.2, 0) is 14.3 Å². The Labute approximate surface area is 122 Å². The Morgan fingerprint density at radius 2 is 1.90 bits per heavy atom. The molecule has 3 aliphatic carbocycles. The maximum Gasteiger partial charge on any atom is 0.157 e. The summed E-state index contributed by atoms with van der Waals surface area (Å²) in [7, 11) is 0. The second-order valence-corrected chi connectivity index (χ2v) is 6.99. The molecule has 2 bridgehead atoms. The van der Waals surface area contributed by atoms with Crippen LogP contribution in [0.15, 0.2) is 0 Å². The first-order chi connectivity index (χ1) is 9.85. The van der Waals surface area contributed by atoms with Crippen LogP contribution in [0.5, 0.6) is 0 Å². The van der Waals surface area contributed by atoms with Crippen molar-refractivity contribution in [3.63, 3.8) is 0 Å². The van der Waals surface area contributed by atoms with Gasteiger partial charge < -0.3 is 14.3 Å². The highest BCUT2D eigenvalue weighted by atomic mass is 16.7. The predicted octanol–water partition coefficient (Wildman–Crippen LogP) is 3.70. The molecule has 114 valence electrons. The van der Waals surface area contributed by atoms with E-state index in [4.69, 9.17) is 9.47 Å². The maximum atomic E-state index is 10.9. The average molecular weight is 280 g/mol. The molecule has 0 amide bonds. The van der Waals surface area contributed by atoms with Gasteiger partial charge in [-0.2, -0.15) is 0 Å². The molecular formula is C17H28O3. The van der Waals surface area contributed by atoms with Gasteiger partial charge in [0.1, 0.15) is 6.29 Å². The quantitative estimate of drug-likeness (QED) is 0.737.